The maximum absolute atomic E-state index is 11.9. The zero-order chi connectivity index (χ0) is 10.6. The quantitative estimate of drug-likeness (QED) is 0.736. The molecule has 0 rings (SSSR count). The van der Waals surface area contributed by atoms with E-state index in [0.717, 1.165) is 0 Å². The van der Waals surface area contributed by atoms with Gasteiger partial charge in [-0.3, -0.25) is 0 Å². The summed E-state index contributed by atoms with van der Waals surface area (Å²) < 4.78 is 35.6. The van der Waals surface area contributed by atoms with E-state index in [1.807, 2.05) is 13.8 Å². The smallest absolute Gasteiger partial charge is 0.389 e. The van der Waals surface area contributed by atoms with E-state index in [1.54, 1.807) is 6.92 Å². The average molecular weight is 198 g/mol. The van der Waals surface area contributed by atoms with Crippen molar-refractivity contribution in [2.45, 2.75) is 45.9 Å². The second kappa shape index (κ2) is 4.84. The molecule has 0 saturated carbocycles. The van der Waals surface area contributed by atoms with E-state index in [9.17, 15) is 18.3 Å². The fourth-order valence-electron chi connectivity index (χ4n) is 1.46. The monoisotopic (exact) mass is 198 g/mol. The Balaban J connectivity index is 3.98. The number of aliphatic hydroxyl groups excluding tert-OH is 1. The standard InChI is InChI=1S/C9H17F3O/c1-6(2)8(7(3)13)4-5-9(10,11)12/h6-8,13H,4-5H2,1-3H3. The molecule has 0 aromatic heterocycles. The SMILES string of the molecule is CC(C)C(CCC(F)(F)F)C(C)O. The lowest BCUT2D eigenvalue weighted by molar-refractivity contribution is -0.140. The van der Waals surface area contributed by atoms with Gasteiger partial charge < -0.3 is 5.11 Å². The zero-order valence-electron chi connectivity index (χ0n) is 8.23. The minimum atomic E-state index is -4.11. The van der Waals surface area contributed by atoms with Crippen LogP contribution in [0.2, 0.25) is 0 Å². The van der Waals surface area contributed by atoms with Gasteiger partial charge in [0.05, 0.1) is 6.10 Å². The number of hydrogen-bond donors (Lipinski definition) is 1. The molecule has 4 heteroatoms. The van der Waals surface area contributed by atoms with Gasteiger partial charge in [0.25, 0.3) is 0 Å². The van der Waals surface area contributed by atoms with Crippen molar-refractivity contribution in [1.29, 1.82) is 0 Å². The highest BCUT2D eigenvalue weighted by molar-refractivity contribution is 4.70. The minimum Gasteiger partial charge on any atom is -0.393 e. The molecule has 1 nitrogen and oxygen atoms in total. The van der Waals surface area contributed by atoms with Crippen LogP contribution in [0.1, 0.15) is 33.6 Å². The molecule has 0 aromatic carbocycles. The Labute approximate surface area is 76.9 Å². The van der Waals surface area contributed by atoms with Gasteiger partial charge in [0, 0.05) is 6.42 Å². The van der Waals surface area contributed by atoms with Gasteiger partial charge in [-0.25, -0.2) is 0 Å². The Bertz CT molecular complexity index is 132. The van der Waals surface area contributed by atoms with Gasteiger partial charge in [-0.2, -0.15) is 13.2 Å². The number of aliphatic hydroxyl groups is 1. The Kier molecular flexibility index (Phi) is 4.75. The fourth-order valence-corrected chi connectivity index (χ4v) is 1.46. The molecule has 0 heterocycles. The van der Waals surface area contributed by atoms with E-state index in [2.05, 4.69) is 0 Å². The summed E-state index contributed by atoms with van der Waals surface area (Å²) in [5.74, 6) is -0.177. The number of rotatable bonds is 4. The van der Waals surface area contributed by atoms with E-state index in [-0.39, 0.29) is 18.3 Å². The molecule has 0 radical (unpaired) electrons. The summed E-state index contributed by atoms with van der Waals surface area (Å²) in [6.07, 6.45) is -5.57. The number of halogens is 3. The Morgan fingerprint density at radius 2 is 1.62 bits per heavy atom. The van der Waals surface area contributed by atoms with Crippen LogP contribution in [-0.4, -0.2) is 17.4 Å². The molecule has 2 atom stereocenters. The maximum Gasteiger partial charge on any atom is 0.389 e. The van der Waals surface area contributed by atoms with E-state index in [1.165, 1.54) is 0 Å². The molecule has 0 fully saturated rings. The van der Waals surface area contributed by atoms with Gasteiger partial charge in [-0.15, -0.1) is 0 Å². The lowest BCUT2D eigenvalue weighted by atomic mass is 9.87. The molecule has 0 aromatic rings. The van der Waals surface area contributed by atoms with E-state index < -0.39 is 18.7 Å². The molecule has 80 valence electrons. The molecule has 0 bridgehead atoms. The van der Waals surface area contributed by atoms with Crippen molar-refractivity contribution in [3.05, 3.63) is 0 Å². The molecule has 0 aliphatic rings. The van der Waals surface area contributed by atoms with Gasteiger partial charge in [-0.1, -0.05) is 13.8 Å². The summed E-state index contributed by atoms with van der Waals surface area (Å²) in [5, 5.41) is 9.21. The topological polar surface area (TPSA) is 20.2 Å². The highest BCUT2D eigenvalue weighted by Crippen LogP contribution is 2.28. The summed E-state index contributed by atoms with van der Waals surface area (Å²) in [6, 6.07) is 0. The molecule has 0 amide bonds. The van der Waals surface area contributed by atoms with Crippen LogP contribution in [0, 0.1) is 11.8 Å². The van der Waals surface area contributed by atoms with Crippen molar-refractivity contribution in [3.63, 3.8) is 0 Å². The van der Waals surface area contributed by atoms with E-state index in [4.69, 9.17) is 0 Å². The molecule has 1 N–H and O–H groups in total. The van der Waals surface area contributed by atoms with Crippen LogP contribution in [0.25, 0.3) is 0 Å². The summed E-state index contributed by atoms with van der Waals surface area (Å²) in [5.41, 5.74) is 0. The minimum absolute atomic E-state index is 0.0127. The summed E-state index contributed by atoms with van der Waals surface area (Å²) in [4.78, 5) is 0. The van der Waals surface area contributed by atoms with Crippen molar-refractivity contribution < 1.29 is 18.3 Å². The molecular formula is C9H17F3O. The molecule has 0 aliphatic carbocycles. The molecule has 13 heavy (non-hydrogen) atoms. The van der Waals surface area contributed by atoms with Crippen molar-refractivity contribution in [3.8, 4) is 0 Å². The van der Waals surface area contributed by atoms with Gasteiger partial charge >= 0.3 is 6.18 Å². The predicted octanol–water partition coefficient (Wildman–Crippen LogP) is 2.98. The molecule has 0 saturated heterocycles. The molecule has 2 unspecified atom stereocenters. The van der Waals surface area contributed by atoms with Gasteiger partial charge in [0.15, 0.2) is 0 Å². The van der Waals surface area contributed by atoms with Crippen LogP contribution in [0.3, 0.4) is 0 Å². The van der Waals surface area contributed by atoms with Crippen molar-refractivity contribution in [2.24, 2.45) is 11.8 Å². The zero-order valence-corrected chi connectivity index (χ0v) is 8.23. The maximum atomic E-state index is 11.9. The summed E-state index contributed by atoms with van der Waals surface area (Å²) in [6.45, 7) is 5.20. The third-order valence-electron chi connectivity index (χ3n) is 2.24. The van der Waals surface area contributed by atoms with Crippen LogP contribution >= 0.6 is 0 Å². The Morgan fingerprint density at radius 1 is 1.15 bits per heavy atom. The average Bonchev–Trinajstić information content (AvgIpc) is 1.82. The first-order valence-corrected chi connectivity index (χ1v) is 4.49. The predicted molar refractivity (Wildman–Crippen MR) is 45.3 cm³/mol. The molecule has 0 aliphatic heterocycles. The van der Waals surface area contributed by atoms with E-state index >= 15 is 0 Å². The summed E-state index contributed by atoms with van der Waals surface area (Å²) >= 11 is 0. The first-order valence-electron chi connectivity index (χ1n) is 4.49. The highest BCUT2D eigenvalue weighted by Gasteiger charge is 2.30. The van der Waals surface area contributed by atoms with Crippen molar-refractivity contribution >= 4 is 0 Å². The highest BCUT2D eigenvalue weighted by atomic mass is 19.4. The second-order valence-corrected chi connectivity index (χ2v) is 3.80. The van der Waals surface area contributed by atoms with Crippen LogP contribution < -0.4 is 0 Å². The lowest BCUT2D eigenvalue weighted by Gasteiger charge is -2.24. The number of hydrogen-bond acceptors (Lipinski definition) is 1. The first-order chi connectivity index (χ1) is 5.74. The third kappa shape index (κ3) is 5.91. The fraction of sp³-hybridized carbons (Fsp3) is 1.00. The Hall–Kier alpha value is -0.250. The lowest BCUT2D eigenvalue weighted by Crippen LogP contribution is -2.24. The molecular weight excluding hydrogens is 181 g/mol. The molecule has 0 spiro atoms. The first kappa shape index (κ1) is 12.8. The second-order valence-electron chi connectivity index (χ2n) is 3.80. The Morgan fingerprint density at radius 3 is 1.85 bits per heavy atom. The van der Waals surface area contributed by atoms with Crippen LogP contribution in [0.15, 0.2) is 0 Å². The van der Waals surface area contributed by atoms with Crippen LogP contribution in [-0.2, 0) is 0 Å². The van der Waals surface area contributed by atoms with Crippen LogP contribution in [0.5, 0.6) is 0 Å². The van der Waals surface area contributed by atoms with Crippen LogP contribution in [0.4, 0.5) is 13.2 Å². The number of alkyl halides is 3. The van der Waals surface area contributed by atoms with Gasteiger partial charge in [0.1, 0.15) is 0 Å². The largest absolute Gasteiger partial charge is 0.393 e. The van der Waals surface area contributed by atoms with Crippen molar-refractivity contribution in [1.82, 2.24) is 0 Å². The van der Waals surface area contributed by atoms with Gasteiger partial charge in [0.2, 0.25) is 0 Å². The third-order valence-corrected chi connectivity index (χ3v) is 2.24. The van der Waals surface area contributed by atoms with Crippen molar-refractivity contribution in [2.75, 3.05) is 0 Å². The summed E-state index contributed by atoms with van der Waals surface area (Å²) in [7, 11) is 0. The van der Waals surface area contributed by atoms with Gasteiger partial charge in [-0.05, 0) is 25.2 Å². The normalized spacial score (nSPS) is 17.5. The van der Waals surface area contributed by atoms with E-state index in [0.29, 0.717) is 0 Å².